The minimum atomic E-state index is 0.321. The van der Waals surface area contributed by atoms with Crippen LogP contribution in [0.2, 0.25) is 0 Å². The summed E-state index contributed by atoms with van der Waals surface area (Å²) in [4.78, 5) is 13.8. The molecule has 27 heavy (non-hydrogen) atoms. The van der Waals surface area contributed by atoms with E-state index >= 15 is 0 Å². The highest BCUT2D eigenvalue weighted by Gasteiger charge is 2.22. The highest BCUT2D eigenvalue weighted by Crippen LogP contribution is 2.31. The van der Waals surface area contributed by atoms with Crippen LogP contribution in [0.25, 0.3) is 10.9 Å². The van der Waals surface area contributed by atoms with Gasteiger partial charge in [-0.25, -0.2) is 14.3 Å². The van der Waals surface area contributed by atoms with Gasteiger partial charge in [0.15, 0.2) is 0 Å². The smallest absolute Gasteiger partial charge is 0.224 e. The van der Waals surface area contributed by atoms with Crippen molar-refractivity contribution < 1.29 is 4.74 Å². The van der Waals surface area contributed by atoms with Crippen LogP contribution in [-0.4, -0.2) is 51.5 Å². The van der Waals surface area contributed by atoms with Crippen LogP contribution in [0.15, 0.2) is 36.1 Å². The summed E-state index contributed by atoms with van der Waals surface area (Å²) in [6.45, 7) is 5.16. The number of nitrogens with zero attached hydrogens (tertiary/aromatic N) is 5. The molecule has 0 atom stereocenters. The Morgan fingerprint density at radius 2 is 2.00 bits per heavy atom. The van der Waals surface area contributed by atoms with Gasteiger partial charge in [-0.1, -0.05) is 0 Å². The Morgan fingerprint density at radius 3 is 2.74 bits per heavy atom. The van der Waals surface area contributed by atoms with Crippen LogP contribution < -0.4 is 9.64 Å². The summed E-state index contributed by atoms with van der Waals surface area (Å²) in [5.74, 6) is 0.732. The molecule has 0 unspecified atom stereocenters. The predicted octanol–water partition coefficient (Wildman–Crippen LogP) is 3.34. The lowest BCUT2D eigenvalue weighted by atomic mass is 9.96. The quantitative estimate of drug-likeness (QED) is 0.676. The molecular weight excluding hydrogens is 358 g/mol. The van der Waals surface area contributed by atoms with E-state index in [-0.39, 0.29) is 0 Å². The van der Waals surface area contributed by atoms with Gasteiger partial charge in [0.25, 0.3) is 0 Å². The number of hydrogen-bond acceptors (Lipinski definition) is 7. The molecule has 0 amide bonds. The Kier molecular flexibility index (Phi) is 4.63. The Bertz CT molecular complexity index is 904. The zero-order chi connectivity index (χ0) is 18.1. The van der Waals surface area contributed by atoms with E-state index in [0.717, 1.165) is 62.3 Å². The summed E-state index contributed by atoms with van der Waals surface area (Å²) in [7, 11) is 0. The minimum Gasteiger partial charge on any atom is -0.474 e. The number of piperazine rings is 1. The maximum Gasteiger partial charge on any atom is 0.224 e. The Balaban J connectivity index is 1.30. The van der Waals surface area contributed by atoms with E-state index in [1.165, 1.54) is 29.2 Å². The van der Waals surface area contributed by atoms with Crippen molar-refractivity contribution in [3.05, 3.63) is 41.7 Å². The van der Waals surface area contributed by atoms with Crippen molar-refractivity contribution in [1.82, 2.24) is 19.2 Å². The second-order valence-electron chi connectivity index (χ2n) is 7.35. The van der Waals surface area contributed by atoms with Crippen LogP contribution in [0.5, 0.6) is 5.88 Å². The fraction of sp³-hybridized carbons (Fsp3) is 0.450. The predicted molar refractivity (Wildman–Crippen MR) is 107 cm³/mol. The molecule has 0 spiro atoms. The fourth-order valence-electron chi connectivity index (χ4n) is 3.69. The van der Waals surface area contributed by atoms with Gasteiger partial charge in [-0.3, -0.25) is 4.90 Å². The first-order valence-corrected chi connectivity index (χ1v) is 10.5. The molecule has 2 fully saturated rings. The molecule has 5 rings (SSSR count). The van der Waals surface area contributed by atoms with Crippen molar-refractivity contribution in [2.45, 2.75) is 31.9 Å². The summed E-state index contributed by atoms with van der Waals surface area (Å²) in [5.41, 5.74) is 3.49. The van der Waals surface area contributed by atoms with E-state index in [0.29, 0.717) is 6.10 Å². The Morgan fingerprint density at radius 1 is 1.11 bits per heavy atom. The van der Waals surface area contributed by atoms with E-state index in [1.54, 1.807) is 6.33 Å². The molecular formula is C20H23N5OS. The van der Waals surface area contributed by atoms with Gasteiger partial charge in [-0.15, -0.1) is 0 Å². The van der Waals surface area contributed by atoms with Crippen molar-refractivity contribution in [3.63, 3.8) is 0 Å². The maximum atomic E-state index is 6.10. The molecule has 1 saturated carbocycles. The number of anilines is 1. The van der Waals surface area contributed by atoms with Crippen molar-refractivity contribution in [2.24, 2.45) is 0 Å². The Hall–Kier alpha value is -2.25. The highest BCUT2D eigenvalue weighted by molar-refractivity contribution is 7.03. The maximum absolute atomic E-state index is 6.10. The van der Waals surface area contributed by atoms with Crippen LogP contribution in [0.4, 0.5) is 5.69 Å². The summed E-state index contributed by atoms with van der Waals surface area (Å²) in [6, 6.07) is 6.45. The molecule has 2 aliphatic rings. The van der Waals surface area contributed by atoms with Crippen LogP contribution >= 0.6 is 11.5 Å². The number of fused-ring (bicyclic) bond motifs is 1. The molecule has 6 nitrogen and oxygen atoms in total. The van der Waals surface area contributed by atoms with E-state index in [2.05, 4.69) is 47.7 Å². The zero-order valence-electron chi connectivity index (χ0n) is 15.3. The SMILES string of the molecule is c1nc(OC2CCC2)c2cc(N3CCN(Cc4cnsc4)CC3)ccc2n1. The van der Waals surface area contributed by atoms with Crippen LogP contribution in [-0.2, 0) is 6.54 Å². The van der Waals surface area contributed by atoms with Crippen molar-refractivity contribution >= 4 is 28.1 Å². The standard InChI is InChI=1S/C20H23N5OS/c1-2-17(3-1)26-20-18-10-16(4-5-19(18)21-14-22-20)25-8-6-24(7-9-25)12-15-11-23-27-13-15/h4-5,10-11,13-14,17H,1-3,6-9,12H2. The van der Waals surface area contributed by atoms with Gasteiger partial charge in [0.1, 0.15) is 12.4 Å². The first-order chi connectivity index (χ1) is 13.3. The summed E-state index contributed by atoms with van der Waals surface area (Å²) in [5, 5.41) is 3.16. The average molecular weight is 382 g/mol. The first kappa shape index (κ1) is 16.9. The number of ether oxygens (including phenoxy) is 1. The third-order valence-electron chi connectivity index (χ3n) is 5.54. The lowest BCUT2D eigenvalue weighted by molar-refractivity contribution is 0.116. The van der Waals surface area contributed by atoms with Gasteiger partial charge >= 0.3 is 0 Å². The normalized spacial score (nSPS) is 18.6. The molecule has 0 bridgehead atoms. The van der Waals surface area contributed by atoms with Gasteiger partial charge in [-0.2, -0.15) is 0 Å². The third kappa shape index (κ3) is 3.61. The van der Waals surface area contributed by atoms with Gasteiger partial charge in [0.2, 0.25) is 5.88 Å². The summed E-state index contributed by atoms with van der Waals surface area (Å²) in [6.07, 6.45) is 7.42. The van der Waals surface area contributed by atoms with E-state index in [4.69, 9.17) is 4.74 Å². The fourth-order valence-corrected chi connectivity index (χ4v) is 4.21. The first-order valence-electron chi connectivity index (χ1n) is 9.62. The van der Waals surface area contributed by atoms with E-state index in [1.807, 2.05) is 6.20 Å². The van der Waals surface area contributed by atoms with Crippen molar-refractivity contribution in [2.75, 3.05) is 31.1 Å². The van der Waals surface area contributed by atoms with Gasteiger partial charge < -0.3 is 9.64 Å². The molecule has 0 N–H and O–H groups in total. The lowest BCUT2D eigenvalue weighted by Gasteiger charge is -2.36. The molecule has 3 heterocycles. The van der Waals surface area contributed by atoms with Gasteiger partial charge in [0, 0.05) is 50.0 Å². The van der Waals surface area contributed by atoms with E-state index in [9.17, 15) is 0 Å². The second-order valence-corrected chi connectivity index (χ2v) is 8.00. The second kappa shape index (κ2) is 7.40. The van der Waals surface area contributed by atoms with Crippen LogP contribution in [0.1, 0.15) is 24.8 Å². The molecule has 3 aromatic rings. The number of benzene rings is 1. The van der Waals surface area contributed by atoms with Gasteiger partial charge in [-0.05, 0) is 54.6 Å². The monoisotopic (exact) mass is 381 g/mol. The molecule has 1 aliphatic carbocycles. The number of hydrogen-bond donors (Lipinski definition) is 0. The largest absolute Gasteiger partial charge is 0.474 e. The number of rotatable bonds is 5. The molecule has 1 aromatic carbocycles. The van der Waals surface area contributed by atoms with Crippen LogP contribution in [0, 0.1) is 0 Å². The minimum absolute atomic E-state index is 0.321. The average Bonchev–Trinajstić information content (AvgIpc) is 3.18. The van der Waals surface area contributed by atoms with Crippen molar-refractivity contribution in [1.29, 1.82) is 0 Å². The molecule has 2 aromatic heterocycles. The number of aromatic nitrogens is 3. The van der Waals surface area contributed by atoms with Crippen LogP contribution in [0.3, 0.4) is 0 Å². The topological polar surface area (TPSA) is 54.4 Å². The van der Waals surface area contributed by atoms with Gasteiger partial charge in [0.05, 0.1) is 10.9 Å². The third-order valence-corrected chi connectivity index (χ3v) is 6.18. The molecule has 7 heteroatoms. The molecule has 1 aliphatic heterocycles. The van der Waals surface area contributed by atoms with Crippen molar-refractivity contribution in [3.8, 4) is 5.88 Å². The molecule has 1 saturated heterocycles. The molecule has 0 radical (unpaired) electrons. The lowest BCUT2D eigenvalue weighted by Crippen LogP contribution is -2.45. The zero-order valence-corrected chi connectivity index (χ0v) is 16.1. The van der Waals surface area contributed by atoms with E-state index < -0.39 is 0 Å². The Labute approximate surface area is 163 Å². The summed E-state index contributed by atoms with van der Waals surface area (Å²) >= 11 is 1.53. The summed E-state index contributed by atoms with van der Waals surface area (Å²) < 4.78 is 10.3. The molecule has 140 valence electrons. The highest BCUT2D eigenvalue weighted by atomic mass is 32.1.